The largest absolute Gasteiger partial charge is 0.361 e. The summed E-state index contributed by atoms with van der Waals surface area (Å²) in [5, 5.41) is 1.19. The van der Waals surface area contributed by atoms with E-state index < -0.39 is 0 Å². The number of nitrogens with one attached hydrogen (secondary N) is 1. The van der Waals surface area contributed by atoms with E-state index in [0.717, 1.165) is 36.8 Å². The molecule has 0 radical (unpaired) electrons. The van der Waals surface area contributed by atoms with Gasteiger partial charge in [-0.15, -0.1) is 0 Å². The summed E-state index contributed by atoms with van der Waals surface area (Å²) in [5.41, 5.74) is 3.40. The maximum absolute atomic E-state index is 13.4. The van der Waals surface area contributed by atoms with Crippen molar-refractivity contribution in [2.45, 2.75) is 65.5 Å². The molecule has 2 aromatic carbocycles. The molecule has 1 aromatic heterocycles. The van der Waals surface area contributed by atoms with E-state index >= 15 is 0 Å². The van der Waals surface area contributed by atoms with Gasteiger partial charge in [0.05, 0.1) is 6.54 Å². The third kappa shape index (κ3) is 6.95. The summed E-state index contributed by atoms with van der Waals surface area (Å²) in [7, 11) is 0. The molecule has 0 aliphatic rings. The van der Waals surface area contributed by atoms with Crippen LogP contribution < -0.4 is 0 Å². The molecule has 5 heteroatoms. The number of fused-ring (bicyclic) bond motifs is 1. The van der Waals surface area contributed by atoms with Gasteiger partial charge in [0.25, 0.3) is 0 Å². The summed E-state index contributed by atoms with van der Waals surface area (Å²) in [5.74, 6) is 0.0688. The van der Waals surface area contributed by atoms with E-state index in [0.29, 0.717) is 19.5 Å². The molecular formula is C28H37N3O2. The van der Waals surface area contributed by atoms with Gasteiger partial charge in [-0.1, -0.05) is 68.3 Å². The average molecular weight is 448 g/mol. The first-order valence-corrected chi connectivity index (χ1v) is 12.2. The molecule has 2 amide bonds. The Hall–Kier alpha value is -3.08. The van der Waals surface area contributed by atoms with Crippen LogP contribution in [0.1, 0.15) is 57.6 Å². The van der Waals surface area contributed by atoms with Crippen molar-refractivity contribution in [1.82, 2.24) is 14.8 Å². The minimum absolute atomic E-state index is 0.00349. The summed E-state index contributed by atoms with van der Waals surface area (Å²) >= 11 is 0. The van der Waals surface area contributed by atoms with Crippen molar-refractivity contribution < 1.29 is 9.59 Å². The molecule has 0 aliphatic heterocycles. The van der Waals surface area contributed by atoms with Crippen molar-refractivity contribution in [2.75, 3.05) is 13.1 Å². The number of hydrogen-bond donors (Lipinski definition) is 1. The molecule has 0 fully saturated rings. The molecule has 0 aliphatic carbocycles. The van der Waals surface area contributed by atoms with E-state index in [2.05, 4.69) is 24.0 Å². The van der Waals surface area contributed by atoms with Crippen LogP contribution in [0.15, 0.2) is 60.8 Å². The summed E-state index contributed by atoms with van der Waals surface area (Å²) < 4.78 is 0. The fourth-order valence-electron chi connectivity index (χ4n) is 4.16. The first kappa shape index (κ1) is 24.6. The first-order chi connectivity index (χ1) is 16.0. The van der Waals surface area contributed by atoms with Crippen LogP contribution in [0.3, 0.4) is 0 Å². The molecule has 0 spiro atoms. The lowest BCUT2D eigenvalue weighted by Gasteiger charge is -2.30. The Balaban J connectivity index is 1.73. The van der Waals surface area contributed by atoms with Crippen molar-refractivity contribution >= 4 is 22.7 Å². The van der Waals surface area contributed by atoms with Gasteiger partial charge in [-0.2, -0.15) is 0 Å². The minimum Gasteiger partial charge on any atom is -0.361 e. The van der Waals surface area contributed by atoms with Crippen molar-refractivity contribution in [1.29, 1.82) is 0 Å². The van der Waals surface area contributed by atoms with Crippen molar-refractivity contribution in [2.24, 2.45) is 0 Å². The zero-order chi connectivity index (χ0) is 23.6. The number of carbonyl (C=O) groups excluding carboxylic acids is 2. The number of amides is 2. The Bertz CT molecular complexity index is 1030. The van der Waals surface area contributed by atoms with Crippen molar-refractivity contribution in [3.05, 3.63) is 71.9 Å². The maximum Gasteiger partial charge on any atom is 0.242 e. The summed E-state index contributed by atoms with van der Waals surface area (Å²) in [6.45, 7) is 7.37. The van der Waals surface area contributed by atoms with Crippen LogP contribution in [0.5, 0.6) is 0 Å². The van der Waals surface area contributed by atoms with Crippen LogP contribution in [0.2, 0.25) is 0 Å². The monoisotopic (exact) mass is 447 g/mol. The SMILES string of the molecule is CCCCCC(=O)N(CC(=O)N(CCc1c[nH]c2ccccc12)Cc1ccccc1)C(C)C. The van der Waals surface area contributed by atoms with Gasteiger partial charge in [0.1, 0.15) is 0 Å². The highest BCUT2D eigenvalue weighted by molar-refractivity contribution is 5.85. The van der Waals surface area contributed by atoms with Crippen LogP contribution in [0, 0.1) is 0 Å². The molecule has 33 heavy (non-hydrogen) atoms. The Morgan fingerprint density at radius 2 is 1.67 bits per heavy atom. The van der Waals surface area contributed by atoms with Crippen LogP contribution in [0.4, 0.5) is 0 Å². The van der Waals surface area contributed by atoms with E-state index in [9.17, 15) is 9.59 Å². The highest BCUT2D eigenvalue weighted by Crippen LogP contribution is 2.19. The Morgan fingerprint density at radius 3 is 2.39 bits per heavy atom. The normalized spacial score (nSPS) is 11.2. The van der Waals surface area contributed by atoms with Gasteiger partial charge in [0.2, 0.25) is 11.8 Å². The Kier molecular flexibility index (Phi) is 9.11. The van der Waals surface area contributed by atoms with Crippen molar-refractivity contribution in [3.63, 3.8) is 0 Å². The number of para-hydroxylation sites is 1. The lowest BCUT2D eigenvalue weighted by atomic mass is 10.1. The molecule has 1 N–H and O–H groups in total. The van der Waals surface area contributed by atoms with E-state index in [-0.39, 0.29) is 24.4 Å². The van der Waals surface area contributed by atoms with Crippen LogP contribution in [-0.4, -0.2) is 45.7 Å². The lowest BCUT2D eigenvalue weighted by Crippen LogP contribution is -2.46. The number of nitrogens with zero attached hydrogens (tertiary/aromatic N) is 2. The summed E-state index contributed by atoms with van der Waals surface area (Å²) in [6, 6.07) is 18.3. The smallest absolute Gasteiger partial charge is 0.242 e. The topological polar surface area (TPSA) is 56.4 Å². The number of aromatic nitrogens is 1. The molecule has 0 atom stereocenters. The van der Waals surface area contributed by atoms with E-state index in [1.54, 1.807) is 4.90 Å². The first-order valence-electron chi connectivity index (χ1n) is 12.2. The van der Waals surface area contributed by atoms with Gasteiger partial charge < -0.3 is 14.8 Å². The van der Waals surface area contributed by atoms with Gasteiger partial charge in [-0.3, -0.25) is 9.59 Å². The third-order valence-corrected chi connectivity index (χ3v) is 6.14. The molecular weight excluding hydrogens is 410 g/mol. The molecule has 0 unspecified atom stereocenters. The van der Waals surface area contributed by atoms with Gasteiger partial charge >= 0.3 is 0 Å². The molecule has 3 rings (SSSR count). The summed E-state index contributed by atoms with van der Waals surface area (Å²) in [4.78, 5) is 33.2. The number of H-pyrrole nitrogens is 1. The highest BCUT2D eigenvalue weighted by atomic mass is 16.2. The van der Waals surface area contributed by atoms with Gasteiger partial charge in [-0.25, -0.2) is 0 Å². The quantitative estimate of drug-likeness (QED) is 0.370. The van der Waals surface area contributed by atoms with Crippen LogP contribution in [-0.2, 0) is 22.6 Å². The molecule has 1 heterocycles. The zero-order valence-electron chi connectivity index (χ0n) is 20.2. The fourth-order valence-corrected chi connectivity index (χ4v) is 4.16. The Labute approximate surface area is 197 Å². The Morgan fingerprint density at radius 1 is 0.939 bits per heavy atom. The van der Waals surface area contributed by atoms with E-state index in [1.165, 1.54) is 10.9 Å². The van der Waals surface area contributed by atoms with Gasteiger partial charge in [0.15, 0.2) is 0 Å². The number of aromatic amines is 1. The summed E-state index contributed by atoms with van der Waals surface area (Å²) in [6.07, 6.45) is 6.29. The van der Waals surface area contributed by atoms with E-state index in [1.807, 2.05) is 67.4 Å². The van der Waals surface area contributed by atoms with Gasteiger partial charge in [0, 0.05) is 42.7 Å². The minimum atomic E-state index is -0.00438. The number of rotatable bonds is 12. The molecule has 0 saturated heterocycles. The second kappa shape index (κ2) is 12.2. The van der Waals surface area contributed by atoms with Crippen molar-refractivity contribution in [3.8, 4) is 0 Å². The molecule has 0 bridgehead atoms. The molecule has 0 saturated carbocycles. The molecule has 176 valence electrons. The van der Waals surface area contributed by atoms with Crippen LogP contribution in [0.25, 0.3) is 10.9 Å². The third-order valence-electron chi connectivity index (χ3n) is 6.14. The van der Waals surface area contributed by atoms with E-state index in [4.69, 9.17) is 0 Å². The number of carbonyl (C=O) groups is 2. The molecule has 3 aromatic rings. The number of benzene rings is 2. The predicted octanol–water partition coefficient (Wildman–Crippen LogP) is 5.56. The standard InChI is InChI=1S/C28H37N3O2/c1-4-5-7-16-27(32)31(22(2)3)21-28(33)30(20-23-12-8-6-9-13-23)18-17-24-19-29-26-15-11-10-14-25(24)26/h6,8-15,19,22,29H,4-5,7,16-18,20-21H2,1-3H3. The highest BCUT2D eigenvalue weighted by Gasteiger charge is 2.23. The van der Waals surface area contributed by atoms with Crippen LogP contribution >= 0.6 is 0 Å². The van der Waals surface area contributed by atoms with Gasteiger partial charge in [-0.05, 0) is 43.9 Å². The number of hydrogen-bond acceptors (Lipinski definition) is 2. The molecule has 5 nitrogen and oxygen atoms in total. The fraction of sp³-hybridized carbons (Fsp3) is 0.429. The second-order valence-corrected chi connectivity index (χ2v) is 8.98. The average Bonchev–Trinajstić information content (AvgIpc) is 3.23. The second-order valence-electron chi connectivity index (χ2n) is 8.98. The maximum atomic E-state index is 13.4. The zero-order valence-corrected chi connectivity index (χ0v) is 20.2. The number of unbranched alkanes of at least 4 members (excludes halogenated alkanes) is 2. The predicted molar refractivity (Wildman–Crippen MR) is 135 cm³/mol. The lowest BCUT2D eigenvalue weighted by molar-refractivity contribution is -0.142.